The Bertz CT molecular complexity index is 2510. The molecule has 22 heteroatoms. The van der Waals surface area contributed by atoms with Gasteiger partial charge in [-0.25, -0.2) is 0 Å². The molecule has 482 valence electrons. The number of nitrogens with one attached hydrogen (secondary N) is 7. The van der Waals surface area contributed by atoms with Crippen LogP contribution in [-0.4, -0.2) is 136 Å². The molecule has 0 bridgehead atoms. The highest BCUT2D eigenvalue weighted by Gasteiger charge is 2.61. The van der Waals surface area contributed by atoms with E-state index < -0.39 is 187 Å². The number of Topliss-reactive ketones (excluding diaryl/α,β-unsaturated/α-hetero) is 4. The molecule has 17 atom stereocenters. The maximum Gasteiger partial charge on any atom is 0.246 e. The largest absolute Gasteiger partial charge is 0.396 e. The zero-order valence-electron chi connectivity index (χ0n) is 53.0. The molecule has 0 radical (unpaired) electrons. The monoisotopic (exact) mass is 1210 g/mol. The molecule has 8 amide bonds. The van der Waals surface area contributed by atoms with Gasteiger partial charge in [0.25, 0.3) is 0 Å². The van der Waals surface area contributed by atoms with Gasteiger partial charge in [-0.3, -0.25) is 57.5 Å². The predicted octanol–water partition coefficient (Wildman–Crippen LogP) is 3.63. The molecule has 1 aliphatic carbocycles. The van der Waals surface area contributed by atoms with Gasteiger partial charge in [-0.15, -0.1) is 0 Å². The Balaban J connectivity index is 1.85. The highest BCUT2D eigenvalue weighted by atomic mass is 16.3. The maximum absolute atomic E-state index is 14.5. The summed E-state index contributed by atoms with van der Waals surface area (Å²) in [6.07, 6.45) is 1.78. The van der Waals surface area contributed by atoms with Crippen LogP contribution in [0.5, 0.6) is 0 Å². The van der Waals surface area contributed by atoms with Crippen LogP contribution in [0.3, 0.4) is 0 Å². The van der Waals surface area contributed by atoms with E-state index in [0.29, 0.717) is 51.4 Å². The third-order valence-electron chi connectivity index (χ3n) is 18.2. The van der Waals surface area contributed by atoms with Crippen LogP contribution in [0.25, 0.3) is 0 Å². The fourth-order valence-corrected chi connectivity index (χ4v) is 11.2. The topological polar surface area (TPSA) is 356 Å². The third-order valence-corrected chi connectivity index (χ3v) is 18.2. The van der Waals surface area contributed by atoms with Gasteiger partial charge < -0.3 is 53.2 Å². The van der Waals surface area contributed by atoms with Crippen LogP contribution in [0.15, 0.2) is 30.3 Å². The number of amides is 8. The maximum atomic E-state index is 14.5. The molecule has 1 heterocycles. The number of primary amides is 1. The van der Waals surface area contributed by atoms with Crippen molar-refractivity contribution >= 4 is 70.4 Å². The number of hydrogen-bond acceptors (Lipinski definition) is 14. The number of rotatable bonds is 35. The molecule has 2 aliphatic rings. The number of carbonyl (C=O) groups is 12. The van der Waals surface area contributed by atoms with Crippen LogP contribution in [0, 0.1) is 59.2 Å². The lowest BCUT2D eigenvalue weighted by Gasteiger charge is -2.31. The molecule has 1 aromatic carbocycles. The minimum absolute atomic E-state index is 0.172. The summed E-state index contributed by atoms with van der Waals surface area (Å²) in [4.78, 5) is 167. The number of carbonyl (C=O) groups excluding carboxylic acids is 12. The summed E-state index contributed by atoms with van der Waals surface area (Å²) in [7, 11) is 0. The van der Waals surface area contributed by atoms with Gasteiger partial charge in [0.15, 0.2) is 23.1 Å². The van der Waals surface area contributed by atoms with Gasteiger partial charge in [-0.1, -0.05) is 139 Å². The quantitative estimate of drug-likeness (QED) is 0.0464. The zero-order chi connectivity index (χ0) is 64.7. The molecular weight excluding hydrogens is 1100 g/mol. The number of benzene rings is 1. The third kappa shape index (κ3) is 20.9. The fourth-order valence-electron chi connectivity index (χ4n) is 11.2. The molecule has 0 aromatic heterocycles. The van der Waals surface area contributed by atoms with E-state index in [1.165, 1.54) is 13.8 Å². The Hall–Kier alpha value is -6.42. The van der Waals surface area contributed by atoms with Gasteiger partial charge in [0, 0.05) is 49.9 Å². The Morgan fingerprint density at radius 1 is 0.651 bits per heavy atom. The van der Waals surface area contributed by atoms with E-state index in [2.05, 4.69) is 37.2 Å². The van der Waals surface area contributed by atoms with E-state index in [1.54, 1.807) is 41.5 Å². The lowest BCUT2D eigenvalue weighted by Crippen LogP contribution is -2.61. The minimum atomic E-state index is -1.47. The van der Waals surface area contributed by atoms with Gasteiger partial charge in [0.1, 0.15) is 17.6 Å². The molecule has 1 spiro atoms. The first-order chi connectivity index (χ1) is 40.6. The van der Waals surface area contributed by atoms with Gasteiger partial charge in [0.05, 0.1) is 49.2 Å². The second kappa shape index (κ2) is 35.4. The summed E-state index contributed by atoms with van der Waals surface area (Å²) >= 11 is 0. The predicted molar refractivity (Wildman–Crippen MR) is 324 cm³/mol. The number of hydrogen-bond donors (Lipinski definition) is 10. The fraction of sp³-hybridized carbons (Fsp3) is 0.719. The number of nitrogens with two attached hydrogens (primary N) is 1. The summed E-state index contributed by atoms with van der Waals surface area (Å²) in [5.74, 6) is -15.1. The zero-order valence-corrected chi connectivity index (χ0v) is 53.0. The molecule has 3 rings (SSSR count). The van der Waals surface area contributed by atoms with Gasteiger partial charge in [0.2, 0.25) is 47.3 Å². The Morgan fingerprint density at radius 3 is 1.71 bits per heavy atom. The van der Waals surface area contributed by atoms with Crippen molar-refractivity contribution in [1.29, 1.82) is 0 Å². The summed E-state index contributed by atoms with van der Waals surface area (Å²) in [6, 6.07) is 2.16. The molecule has 11 N–H and O–H groups in total. The van der Waals surface area contributed by atoms with Crippen molar-refractivity contribution in [3.63, 3.8) is 0 Å². The standard InChI is InChI=1S/C64H102N8O14/c1-13-22-45-32-64(45)63(86)71-55(38(10)17-5)62(85)66-40(12)56(49(76)27-39(11)57(80)72-64)70-60(83)44(34-74)30-51(78)54(37(9)16-4)69-61(84)46(35(7)14-2)31-48(75)47(25-26-52(65)79)67-59(82)43(33-73)29-50(77)53(36(8)15-3)68-58(81)42(18-6)28-41-23-20-19-21-24-41/h19-21,23-24,35-40,42-47,53-56,73-74H,13-18,22,25-34H2,1-12H3,(H2,65,79)(H,66,85)(H,67,82)(H,68,81)(H,69,84)(H,70,83)(H,71,86)(H,72,80)/t35-,36-,37-,38-,39+,40-,42+,43-,44-,45+,46+,47+,53-,54-,55-,56+,64+/m0/s1. The van der Waals surface area contributed by atoms with Crippen molar-refractivity contribution in [1.82, 2.24) is 37.2 Å². The highest BCUT2D eigenvalue weighted by molar-refractivity contribution is 6.01. The normalized spacial score (nSPS) is 23.8. The van der Waals surface area contributed by atoms with Crippen molar-refractivity contribution in [2.24, 2.45) is 64.9 Å². The smallest absolute Gasteiger partial charge is 0.246 e. The molecule has 1 aliphatic heterocycles. The van der Waals surface area contributed by atoms with E-state index in [0.717, 1.165) is 12.0 Å². The van der Waals surface area contributed by atoms with E-state index in [9.17, 15) is 67.7 Å². The Labute approximate surface area is 508 Å². The van der Waals surface area contributed by atoms with Crippen LogP contribution in [-0.2, 0) is 64.0 Å². The first-order valence-corrected chi connectivity index (χ1v) is 31.4. The van der Waals surface area contributed by atoms with Crippen molar-refractivity contribution in [3.05, 3.63) is 35.9 Å². The second-order valence-corrected chi connectivity index (χ2v) is 24.7. The number of aliphatic hydroxyl groups excluding tert-OH is 2. The van der Waals surface area contributed by atoms with Crippen LogP contribution in [0.4, 0.5) is 0 Å². The SMILES string of the molecule is CCC[C@@H]1C[C@@]12NC(=O)[C@H](C)CC(=O)[C@H](NC(=O)[C@H](CO)CC(=O)[C@@H](NC(=O)[C@H](CC(=O)[C@@H](CCC(N)=O)NC(=O)[C@H](CO)CC(=O)[C@@H](NC(=O)[C@H](CC)Cc1ccccc1)[C@@H](C)CC)[C@@H](C)CC)[C@@H](C)CC)[C@H](C)NC(=O)[C@H]([C@@H](C)CC)NC2=O. The Morgan fingerprint density at radius 2 is 1.20 bits per heavy atom. The van der Waals surface area contributed by atoms with E-state index in [1.807, 2.05) is 58.0 Å². The molecule has 0 unspecified atom stereocenters. The average Bonchev–Trinajstić information content (AvgIpc) is 1.68. The van der Waals surface area contributed by atoms with Crippen molar-refractivity contribution < 1.29 is 67.7 Å². The molecular formula is C64H102N8O14. The highest BCUT2D eigenvalue weighted by Crippen LogP contribution is 2.47. The second-order valence-electron chi connectivity index (χ2n) is 24.7. The average molecular weight is 1210 g/mol. The molecule has 86 heavy (non-hydrogen) atoms. The van der Waals surface area contributed by atoms with E-state index in [4.69, 9.17) is 5.73 Å². The van der Waals surface area contributed by atoms with Crippen molar-refractivity contribution in [2.75, 3.05) is 13.2 Å². The summed E-state index contributed by atoms with van der Waals surface area (Å²) in [6.45, 7) is 19.4. The van der Waals surface area contributed by atoms with Gasteiger partial charge in [-0.2, -0.15) is 0 Å². The molecule has 2 fully saturated rings. The first-order valence-electron chi connectivity index (χ1n) is 31.4. The van der Waals surface area contributed by atoms with E-state index >= 15 is 0 Å². The first kappa shape index (κ1) is 73.8. The van der Waals surface area contributed by atoms with Crippen molar-refractivity contribution in [2.45, 2.75) is 221 Å². The van der Waals surface area contributed by atoms with Crippen molar-refractivity contribution in [3.8, 4) is 0 Å². The molecule has 1 aromatic rings. The van der Waals surface area contributed by atoms with Crippen LogP contribution in [0.2, 0.25) is 0 Å². The van der Waals surface area contributed by atoms with Gasteiger partial charge in [-0.05, 0) is 74.2 Å². The van der Waals surface area contributed by atoms with Crippen LogP contribution < -0.4 is 43.0 Å². The number of ketones is 4. The summed E-state index contributed by atoms with van der Waals surface area (Å²) in [5.41, 5.74) is 5.20. The Kier molecular flexibility index (Phi) is 30.4. The van der Waals surface area contributed by atoms with E-state index in [-0.39, 0.29) is 36.5 Å². The molecule has 22 nitrogen and oxygen atoms in total. The van der Waals surface area contributed by atoms with Gasteiger partial charge >= 0.3 is 0 Å². The lowest BCUT2D eigenvalue weighted by molar-refractivity contribution is -0.138. The molecule has 1 saturated heterocycles. The minimum Gasteiger partial charge on any atom is -0.396 e. The van der Waals surface area contributed by atoms with Crippen LogP contribution in [0.1, 0.15) is 179 Å². The summed E-state index contributed by atoms with van der Waals surface area (Å²) < 4.78 is 0. The lowest BCUT2D eigenvalue weighted by atomic mass is 9.83. The number of aliphatic hydroxyl groups is 2. The van der Waals surface area contributed by atoms with Crippen LogP contribution >= 0.6 is 0 Å². The summed E-state index contributed by atoms with van der Waals surface area (Å²) in [5, 5.41) is 40.7. The molecule has 1 saturated carbocycles.